The van der Waals surface area contributed by atoms with Crippen molar-refractivity contribution in [2.24, 2.45) is 0 Å². The fourth-order valence-corrected chi connectivity index (χ4v) is 5.06. The molecule has 0 saturated carbocycles. The van der Waals surface area contributed by atoms with Gasteiger partial charge >= 0.3 is 5.63 Å². The van der Waals surface area contributed by atoms with Crippen molar-refractivity contribution in [2.75, 3.05) is 21.3 Å². The van der Waals surface area contributed by atoms with E-state index in [1.807, 2.05) is 26.0 Å². The van der Waals surface area contributed by atoms with Crippen molar-refractivity contribution in [1.82, 2.24) is 0 Å². The molecule has 8 nitrogen and oxygen atoms in total. The number of unbranched alkanes of at least 4 members (excludes halogenated alkanes) is 3. The van der Waals surface area contributed by atoms with E-state index >= 15 is 0 Å². The van der Waals surface area contributed by atoms with Gasteiger partial charge in [-0.2, -0.15) is 0 Å². The number of methoxy groups -OCH3 is 3. The van der Waals surface area contributed by atoms with Crippen molar-refractivity contribution in [3.8, 4) is 45.6 Å². The molecule has 0 spiro atoms. The molecule has 1 aromatic heterocycles. The molecule has 0 bridgehead atoms. The second-order valence-electron chi connectivity index (χ2n) is 10.9. The molecule has 43 heavy (non-hydrogen) atoms. The number of phenols is 2. The van der Waals surface area contributed by atoms with E-state index in [9.17, 15) is 9.90 Å². The fraction of sp³-hybridized carbons (Fsp3) is 0.343. The van der Waals surface area contributed by atoms with Gasteiger partial charge in [0.15, 0.2) is 0 Å². The lowest BCUT2D eigenvalue weighted by atomic mass is 9.98. The molecule has 0 radical (unpaired) electrons. The maximum Gasteiger partial charge on any atom is 0.347 e. The number of aromatic hydroxyl groups is 2. The highest BCUT2D eigenvalue weighted by atomic mass is 16.5. The Morgan fingerprint density at radius 1 is 0.860 bits per heavy atom. The summed E-state index contributed by atoms with van der Waals surface area (Å²) in [5.74, 6) is 2.53. The van der Waals surface area contributed by atoms with Crippen LogP contribution in [0.3, 0.4) is 0 Å². The first-order chi connectivity index (χ1) is 20.6. The molecule has 0 amide bonds. The van der Waals surface area contributed by atoms with E-state index in [4.69, 9.17) is 28.5 Å². The van der Waals surface area contributed by atoms with Crippen LogP contribution in [0.4, 0.5) is 0 Å². The predicted molar refractivity (Wildman–Crippen MR) is 169 cm³/mol. The Hall–Kier alpha value is -4.59. The summed E-state index contributed by atoms with van der Waals surface area (Å²) in [6.45, 7) is 6.08. The van der Waals surface area contributed by atoms with Gasteiger partial charge < -0.3 is 33.6 Å². The maximum atomic E-state index is 12.9. The molecular formula is C35H40O8. The van der Waals surface area contributed by atoms with E-state index in [-0.39, 0.29) is 11.5 Å². The molecule has 0 saturated heterocycles. The Bertz CT molecular complexity index is 1650. The van der Waals surface area contributed by atoms with Crippen LogP contribution in [-0.2, 0) is 6.42 Å². The summed E-state index contributed by atoms with van der Waals surface area (Å²) in [4.78, 5) is 12.9. The second kappa shape index (κ2) is 13.6. The molecule has 8 heteroatoms. The Morgan fingerprint density at radius 3 is 2.21 bits per heavy atom. The van der Waals surface area contributed by atoms with Crippen LogP contribution >= 0.6 is 0 Å². The monoisotopic (exact) mass is 588 g/mol. The maximum absolute atomic E-state index is 12.9. The molecule has 3 aromatic carbocycles. The first kappa shape index (κ1) is 31.3. The van der Waals surface area contributed by atoms with Gasteiger partial charge in [0.1, 0.15) is 56.6 Å². The summed E-state index contributed by atoms with van der Waals surface area (Å²) in [5, 5.41) is 19.2. The SMILES string of the molecule is CCCCCCc1ccc(O)cc1O.COc1ccc(-c2c(OC)c3c(OC)c4c(cc3oc2=O)OC(C)(C)C=C4)cc1. The van der Waals surface area contributed by atoms with E-state index in [1.54, 1.807) is 56.7 Å². The molecule has 228 valence electrons. The highest BCUT2D eigenvalue weighted by molar-refractivity contribution is 5.99. The first-order valence-electron chi connectivity index (χ1n) is 14.4. The molecule has 2 N–H and O–H groups in total. The quantitative estimate of drug-likeness (QED) is 0.150. The third-order valence-electron chi connectivity index (χ3n) is 7.29. The van der Waals surface area contributed by atoms with E-state index in [2.05, 4.69) is 6.92 Å². The molecule has 1 aliphatic heterocycles. The molecule has 0 fully saturated rings. The van der Waals surface area contributed by atoms with Gasteiger partial charge in [0.2, 0.25) is 0 Å². The normalized spacial score (nSPS) is 13.0. The Kier molecular flexibility index (Phi) is 9.91. The number of benzene rings is 3. The van der Waals surface area contributed by atoms with Gasteiger partial charge in [0, 0.05) is 12.1 Å². The second-order valence-corrected chi connectivity index (χ2v) is 10.9. The summed E-state index contributed by atoms with van der Waals surface area (Å²) in [5.41, 5.74) is 2.04. The lowest BCUT2D eigenvalue weighted by Gasteiger charge is -2.29. The van der Waals surface area contributed by atoms with Crippen LogP contribution < -0.4 is 24.6 Å². The summed E-state index contributed by atoms with van der Waals surface area (Å²) in [6.07, 6.45) is 9.59. The van der Waals surface area contributed by atoms with E-state index in [0.717, 1.165) is 24.0 Å². The minimum Gasteiger partial charge on any atom is -0.508 e. The van der Waals surface area contributed by atoms with Gasteiger partial charge in [-0.3, -0.25) is 0 Å². The highest BCUT2D eigenvalue weighted by Crippen LogP contribution is 2.47. The first-order valence-corrected chi connectivity index (χ1v) is 14.4. The van der Waals surface area contributed by atoms with Crippen LogP contribution in [-0.4, -0.2) is 37.1 Å². The van der Waals surface area contributed by atoms with Gasteiger partial charge in [0.25, 0.3) is 0 Å². The number of hydrogen-bond acceptors (Lipinski definition) is 8. The topological polar surface area (TPSA) is 108 Å². The molecule has 1 aliphatic rings. The van der Waals surface area contributed by atoms with Crippen molar-refractivity contribution in [2.45, 2.75) is 58.5 Å². The zero-order valence-corrected chi connectivity index (χ0v) is 25.7. The van der Waals surface area contributed by atoms with E-state index in [1.165, 1.54) is 32.4 Å². The van der Waals surface area contributed by atoms with Crippen molar-refractivity contribution in [1.29, 1.82) is 0 Å². The van der Waals surface area contributed by atoms with Gasteiger partial charge in [-0.15, -0.1) is 0 Å². The highest BCUT2D eigenvalue weighted by Gasteiger charge is 2.29. The zero-order chi connectivity index (χ0) is 31.1. The van der Waals surface area contributed by atoms with Gasteiger partial charge in [-0.05, 0) is 68.2 Å². The van der Waals surface area contributed by atoms with Crippen LogP contribution in [0, 0.1) is 0 Å². The van der Waals surface area contributed by atoms with E-state index in [0.29, 0.717) is 45.1 Å². The third-order valence-corrected chi connectivity index (χ3v) is 7.29. The summed E-state index contributed by atoms with van der Waals surface area (Å²) in [7, 11) is 4.68. The number of hydrogen-bond donors (Lipinski definition) is 2. The van der Waals surface area contributed by atoms with Crippen LogP contribution in [0.1, 0.15) is 57.6 Å². The lowest BCUT2D eigenvalue weighted by molar-refractivity contribution is 0.158. The van der Waals surface area contributed by atoms with Crippen molar-refractivity contribution < 1.29 is 33.6 Å². The van der Waals surface area contributed by atoms with Crippen LogP contribution in [0.2, 0.25) is 0 Å². The molecule has 5 rings (SSSR count). The van der Waals surface area contributed by atoms with Crippen molar-refractivity contribution in [3.63, 3.8) is 0 Å². The van der Waals surface area contributed by atoms with Gasteiger partial charge in [0.05, 0.1) is 26.9 Å². The fourth-order valence-electron chi connectivity index (χ4n) is 5.06. The van der Waals surface area contributed by atoms with Gasteiger partial charge in [-0.25, -0.2) is 4.79 Å². The molecule has 2 heterocycles. The Morgan fingerprint density at radius 2 is 1.58 bits per heavy atom. The number of fused-ring (bicyclic) bond motifs is 2. The van der Waals surface area contributed by atoms with Gasteiger partial charge in [-0.1, -0.05) is 44.4 Å². The number of phenolic OH excluding ortho intramolecular Hbond substituents is 2. The summed E-state index contributed by atoms with van der Waals surface area (Å²) in [6, 6.07) is 13.6. The number of rotatable bonds is 9. The summed E-state index contributed by atoms with van der Waals surface area (Å²) < 4.78 is 28.3. The average Bonchev–Trinajstić information content (AvgIpc) is 2.98. The van der Waals surface area contributed by atoms with Crippen LogP contribution in [0.15, 0.2) is 63.8 Å². The largest absolute Gasteiger partial charge is 0.508 e. The minimum absolute atomic E-state index is 0.125. The molecule has 0 unspecified atom stereocenters. The molecule has 0 atom stereocenters. The van der Waals surface area contributed by atoms with Crippen LogP contribution in [0.25, 0.3) is 28.2 Å². The van der Waals surface area contributed by atoms with E-state index < -0.39 is 11.2 Å². The molecule has 0 aliphatic carbocycles. The Balaban J connectivity index is 0.000000255. The lowest BCUT2D eigenvalue weighted by Crippen LogP contribution is -2.27. The van der Waals surface area contributed by atoms with Crippen molar-refractivity contribution >= 4 is 17.0 Å². The predicted octanol–water partition coefficient (Wildman–Crippen LogP) is 7.89. The van der Waals surface area contributed by atoms with Crippen molar-refractivity contribution in [3.05, 3.63) is 76.2 Å². The Labute approximate surface area is 252 Å². The number of aryl methyl sites for hydroxylation is 1. The zero-order valence-electron chi connectivity index (χ0n) is 25.7. The summed E-state index contributed by atoms with van der Waals surface area (Å²) >= 11 is 0. The molecule has 4 aromatic rings. The molecular weight excluding hydrogens is 548 g/mol. The number of ether oxygens (including phenoxy) is 4. The minimum atomic E-state index is -0.507. The smallest absolute Gasteiger partial charge is 0.347 e. The standard InChI is InChI=1S/C23H22O6.C12H18O2/c1-23(2)11-10-15-16(29-23)12-17-19(20(15)26-4)21(27-5)18(22(24)28-17)13-6-8-14(25-3)9-7-13;1-2-3-4-5-6-10-7-8-11(13)9-12(10)14/h6-12H,1-5H3;7-9,13-14H,2-6H2,1H3. The van der Waals surface area contributed by atoms with Crippen LogP contribution in [0.5, 0.6) is 34.5 Å². The third kappa shape index (κ3) is 7.08. The average molecular weight is 589 g/mol.